The van der Waals surface area contributed by atoms with Gasteiger partial charge in [-0.2, -0.15) is 0 Å². The third kappa shape index (κ3) is 4.11. The first-order valence-corrected chi connectivity index (χ1v) is 19.1. The Kier molecular flexibility index (Phi) is 6.67. The highest BCUT2D eigenvalue weighted by Crippen LogP contribution is 2.63. The van der Waals surface area contributed by atoms with Crippen LogP contribution in [0.15, 0.2) is 193 Å². The third-order valence-electron chi connectivity index (χ3n) is 12.6. The molecular weight excluding hydrogens is 655 g/mol. The first-order chi connectivity index (χ1) is 26.6. The number of fused-ring (bicyclic) bond motifs is 9. The summed E-state index contributed by atoms with van der Waals surface area (Å²) in [6, 6.07) is 60.4. The number of anilines is 3. The Bertz CT molecular complexity index is 2820. The van der Waals surface area contributed by atoms with Crippen LogP contribution in [0.5, 0.6) is 0 Å². The lowest BCUT2D eigenvalue weighted by Crippen LogP contribution is -2.36. The van der Waals surface area contributed by atoms with Crippen LogP contribution in [0.4, 0.5) is 17.1 Å². The van der Waals surface area contributed by atoms with E-state index >= 15 is 0 Å². The molecule has 3 unspecified atom stereocenters. The summed E-state index contributed by atoms with van der Waals surface area (Å²) in [5.74, 6) is 0.367. The molecule has 2 nitrogen and oxygen atoms in total. The largest absolute Gasteiger partial charge is 0.454 e. The molecule has 0 saturated heterocycles. The fraction of sp³-hybridized carbons (Fsp3) is 0.115. The maximum atomic E-state index is 7.17. The quantitative estimate of drug-likeness (QED) is 0.178. The summed E-state index contributed by atoms with van der Waals surface area (Å²) >= 11 is 0. The van der Waals surface area contributed by atoms with Gasteiger partial charge in [0.05, 0.1) is 16.8 Å². The van der Waals surface area contributed by atoms with Crippen molar-refractivity contribution in [2.24, 2.45) is 5.92 Å². The van der Waals surface area contributed by atoms with E-state index in [4.69, 9.17) is 4.42 Å². The number of rotatable bonds is 5. The van der Waals surface area contributed by atoms with Crippen molar-refractivity contribution < 1.29 is 4.42 Å². The van der Waals surface area contributed by atoms with Crippen LogP contribution in [0, 0.1) is 5.92 Å². The van der Waals surface area contributed by atoms with Gasteiger partial charge in [0.15, 0.2) is 5.58 Å². The van der Waals surface area contributed by atoms with Gasteiger partial charge >= 0.3 is 0 Å². The molecule has 3 aliphatic carbocycles. The van der Waals surface area contributed by atoms with E-state index in [1.54, 1.807) is 0 Å². The van der Waals surface area contributed by atoms with Gasteiger partial charge in [-0.3, -0.25) is 0 Å². The van der Waals surface area contributed by atoms with Crippen molar-refractivity contribution >= 4 is 39.0 Å². The Hall–Kier alpha value is -6.38. The molecule has 0 bridgehead atoms. The Morgan fingerprint density at radius 2 is 1.22 bits per heavy atom. The topological polar surface area (TPSA) is 16.4 Å². The van der Waals surface area contributed by atoms with E-state index in [0.29, 0.717) is 0 Å². The minimum Gasteiger partial charge on any atom is -0.454 e. The van der Waals surface area contributed by atoms with Crippen LogP contribution in [0.25, 0.3) is 33.1 Å². The molecule has 258 valence electrons. The number of hydrogen-bond donors (Lipinski definition) is 0. The van der Waals surface area contributed by atoms with Crippen molar-refractivity contribution in [1.82, 2.24) is 0 Å². The predicted octanol–water partition coefficient (Wildman–Crippen LogP) is 13.5. The molecule has 1 aromatic heterocycles. The molecule has 0 aliphatic heterocycles. The second kappa shape index (κ2) is 11.6. The third-order valence-corrected chi connectivity index (χ3v) is 12.6. The molecule has 3 aliphatic rings. The van der Waals surface area contributed by atoms with Crippen LogP contribution in [0.2, 0.25) is 0 Å². The van der Waals surface area contributed by atoms with Gasteiger partial charge in [0.2, 0.25) is 0 Å². The summed E-state index contributed by atoms with van der Waals surface area (Å²) in [4.78, 5) is 2.53. The fourth-order valence-corrected chi connectivity index (χ4v) is 10.4. The van der Waals surface area contributed by atoms with Crippen LogP contribution < -0.4 is 4.90 Å². The van der Waals surface area contributed by atoms with Gasteiger partial charge < -0.3 is 9.32 Å². The van der Waals surface area contributed by atoms with Crippen molar-refractivity contribution in [3.8, 4) is 11.1 Å². The summed E-state index contributed by atoms with van der Waals surface area (Å²) in [6.45, 7) is 4.73. The summed E-state index contributed by atoms with van der Waals surface area (Å²) in [5, 5.41) is 2.24. The van der Waals surface area contributed by atoms with Crippen molar-refractivity contribution in [1.29, 1.82) is 0 Å². The van der Waals surface area contributed by atoms with Crippen LogP contribution >= 0.6 is 0 Å². The van der Waals surface area contributed by atoms with E-state index in [9.17, 15) is 0 Å². The standard InChI is InChI=1S/C52H39NO/c1-51(2)41-26-13-11-25-40(41)48-44(51)29-17-30-46(48)53(35-20-7-4-8-21-35)49-45(33-32-39-38-24-12-16-31-47(38)54-50(39)49)52(34-18-5-3-6-19-34)42-27-14-9-22-36(42)37-23-10-15-28-43(37)52/h3-33,36,42H,1-2H3. The first-order valence-electron chi connectivity index (χ1n) is 19.1. The van der Waals surface area contributed by atoms with E-state index in [-0.39, 0.29) is 17.3 Å². The first kappa shape index (κ1) is 31.2. The number of para-hydroxylation sites is 2. The lowest BCUT2D eigenvalue weighted by Gasteiger charge is -2.42. The number of allylic oxidation sites excluding steroid dienone is 4. The van der Waals surface area contributed by atoms with Crippen molar-refractivity contribution in [3.63, 3.8) is 0 Å². The van der Waals surface area contributed by atoms with Gasteiger partial charge in [-0.1, -0.05) is 178 Å². The van der Waals surface area contributed by atoms with Gasteiger partial charge in [-0.15, -0.1) is 0 Å². The van der Waals surface area contributed by atoms with E-state index in [0.717, 1.165) is 39.0 Å². The highest BCUT2D eigenvalue weighted by molar-refractivity contribution is 6.12. The average molecular weight is 694 g/mol. The van der Waals surface area contributed by atoms with Crippen LogP contribution in [-0.2, 0) is 10.8 Å². The predicted molar refractivity (Wildman–Crippen MR) is 223 cm³/mol. The molecule has 1 heterocycles. The number of hydrogen-bond acceptors (Lipinski definition) is 2. The Labute approximate surface area is 316 Å². The van der Waals surface area contributed by atoms with Crippen LogP contribution in [0.1, 0.15) is 53.1 Å². The normalized spacial score (nSPS) is 20.1. The van der Waals surface area contributed by atoms with Gasteiger partial charge in [-0.05, 0) is 63.2 Å². The van der Waals surface area contributed by atoms with Crippen molar-refractivity contribution in [3.05, 3.63) is 221 Å². The second-order valence-corrected chi connectivity index (χ2v) is 15.6. The Morgan fingerprint density at radius 1 is 0.537 bits per heavy atom. The number of benzene rings is 7. The van der Waals surface area contributed by atoms with Crippen molar-refractivity contribution in [2.45, 2.75) is 30.6 Å². The molecule has 0 fully saturated rings. The molecule has 0 spiro atoms. The fourth-order valence-electron chi connectivity index (χ4n) is 10.4. The molecule has 7 aromatic carbocycles. The molecule has 0 saturated carbocycles. The zero-order chi connectivity index (χ0) is 36.0. The van der Waals surface area contributed by atoms with E-state index < -0.39 is 5.41 Å². The number of furan rings is 1. The zero-order valence-electron chi connectivity index (χ0n) is 30.4. The lowest BCUT2D eigenvalue weighted by molar-refractivity contribution is 0.457. The number of nitrogens with zero attached hydrogens (tertiary/aromatic N) is 1. The Morgan fingerprint density at radius 3 is 2.07 bits per heavy atom. The van der Waals surface area contributed by atoms with Gasteiger partial charge in [-0.25, -0.2) is 0 Å². The maximum absolute atomic E-state index is 7.17. The molecular formula is C52H39NO. The Balaban J connectivity index is 1.34. The SMILES string of the molecule is CC1(C)c2ccccc2-c2c(N(c3ccccc3)c3c(C4(c5ccccc5)c5ccccc5C5C=CC=CC54)ccc4c3oc3ccccc34)cccc21. The molecule has 0 amide bonds. The molecule has 0 radical (unpaired) electrons. The highest BCUT2D eigenvalue weighted by Gasteiger charge is 2.54. The van der Waals surface area contributed by atoms with E-state index in [2.05, 4.69) is 207 Å². The van der Waals surface area contributed by atoms with Crippen LogP contribution in [0.3, 0.4) is 0 Å². The summed E-state index contributed by atoms with van der Waals surface area (Å²) in [5.41, 5.74) is 14.9. The minimum absolute atomic E-state index is 0.140. The zero-order valence-corrected chi connectivity index (χ0v) is 30.4. The maximum Gasteiger partial charge on any atom is 0.159 e. The highest BCUT2D eigenvalue weighted by atomic mass is 16.3. The lowest BCUT2D eigenvalue weighted by atomic mass is 9.62. The second-order valence-electron chi connectivity index (χ2n) is 15.6. The smallest absolute Gasteiger partial charge is 0.159 e. The summed E-state index contributed by atoms with van der Waals surface area (Å²) < 4.78 is 7.17. The summed E-state index contributed by atoms with van der Waals surface area (Å²) in [6.07, 6.45) is 9.34. The molecule has 8 aromatic rings. The monoisotopic (exact) mass is 693 g/mol. The van der Waals surface area contributed by atoms with Crippen LogP contribution in [-0.4, -0.2) is 0 Å². The molecule has 11 rings (SSSR count). The minimum atomic E-state index is -0.533. The average Bonchev–Trinajstić information content (AvgIpc) is 3.84. The van der Waals surface area contributed by atoms with Crippen molar-refractivity contribution in [2.75, 3.05) is 4.90 Å². The molecule has 0 N–H and O–H groups in total. The molecule has 3 atom stereocenters. The molecule has 54 heavy (non-hydrogen) atoms. The van der Waals surface area contributed by atoms with Gasteiger partial charge in [0.1, 0.15) is 5.58 Å². The van der Waals surface area contributed by atoms with E-state index in [1.807, 2.05) is 0 Å². The van der Waals surface area contributed by atoms with Gasteiger partial charge in [0.25, 0.3) is 0 Å². The summed E-state index contributed by atoms with van der Waals surface area (Å²) in [7, 11) is 0. The van der Waals surface area contributed by atoms with E-state index in [1.165, 1.54) is 44.5 Å². The van der Waals surface area contributed by atoms with Gasteiger partial charge in [0, 0.05) is 39.3 Å². The molecule has 2 heteroatoms.